The van der Waals surface area contributed by atoms with Crippen molar-refractivity contribution in [3.05, 3.63) is 24.3 Å². The van der Waals surface area contributed by atoms with Crippen LogP contribution in [-0.2, 0) is 4.74 Å². The zero-order valence-electron chi connectivity index (χ0n) is 9.28. The fourth-order valence-corrected chi connectivity index (χ4v) is 1.92. The number of nitrogens with zero attached hydrogens (tertiary/aromatic N) is 4. The normalized spacial score (nSPS) is 10.6. The minimum atomic E-state index is 0.213. The van der Waals surface area contributed by atoms with Crippen LogP contribution in [0.15, 0.2) is 29.4 Å². The van der Waals surface area contributed by atoms with Gasteiger partial charge in [0.05, 0.1) is 11.6 Å². The first-order chi connectivity index (χ1) is 8.31. The predicted octanol–water partition coefficient (Wildman–Crippen LogP) is 1.45. The Labute approximate surface area is 103 Å². The maximum absolute atomic E-state index is 9.21. The molecule has 0 radical (unpaired) electrons. The van der Waals surface area contributed by atoms with E-state index in [0.29, 0.717) is 17.7 Å². The van der Waals surface area contributed by atoms with Gasteiger partial charge in [-0.3, -0.25) is 0 Å². The molecule has 0 spiro atoms. The molecule has 0 saturated carbocycles. The van der Waals surface area contributed by atoms with Gasteiger partial charge in [0.1, 0.15) is 5.75 Å². The highest BCUT2D eigenvalue weighted by Crippen LogP contribution is 2.19. The zero-order valence-corrected chi connectivity index (χ0v) is 10.1. The fourth-order valence-electron chi connectivity index (χ4n) is 1.20. The van der Waals surface area contributed by atoms with Crippen molar-refractivity contribution in [1.29, 1.82) is 0 Å². The molecule has 0 aliphatic carbocycles. The molecule has 2 rings (SSSR count). The first-order valence-corrected chi connectivity index (χ1v) is 6.08. The van der Waals surface area contributed by atoms with Gasteiger partial charge in [-0.2, -0.15) is 4.68 Å². The SMILES string of the molecule is CCOCSc1nnnn1-c1ccc(O)cc1. The Kier molecular flexibility index (Phi) is 3.94. The van der Waals surface area contributed by atoms with Crippen molar-refractivity contribution < 1.29 is 9.84 Å². The number of aromatic nitrogens is 4. The van der Waals surface area contributed by atoms with E-state index < -0.39 is 0 Å². The Morgan fingerprint density at radius 1 is 1.35 bits per heavy atom. The Hall–Kier alpha value is -1.60. The van der Waals surface area contributed by atoms with Crippen LogP contribution in [0.25, 0.3) is 5.69 Å². The molecule has 1 aromatic carbocycles. The largest absolute Gasteiger partial charge is 0.508 e. The summed E-state index contributed by atoms with van der Waals surface area (Å²) in [6, 6.07) is 6.68. The maximum atomic E-state index is 9.21. The second kappa shape index (κ2) is 5.65. The van der Waals surface area contributed by atoms with E-state index >= 15 is 0 Å². The standard InChI is InChI=1S/C10H12N4O2S/c1-2-16-7-17-10-11-12-13-14(10)8-3-5-9(15)6-4-8/h3-6,15H,2,7H2,1H3. The summed E-state index contributed by atoms with van der Waals surface area (Å²) in [4.78, 5) is 0. The number of hydrogen-bond donors (Lipinski definition) is 1. The Morgan fingerprint density at radius 3 is 2.82 bits per heavy atom. The van der Waals surface area contributed by atoms with Crippen molar-refractivity contribution in [2.45, 2.75) is 12.1 Å². The third-order valence-electron chi connectivity index (χ3n) is 2.01. The number of benzene rings is 1. The van der Waals surface area contributed by atoms with Crippen LogP contribution in [0.3, 0.4) is 0 Å². The summed E-state index contributed by atoms with van der Waals surface area (Å²) in [7, 11) is 0. The number of ether oxygens (including phenoxy) is 1. The van der Waals surface area contributed by atoms with E-state index in [2.05, 4.69) is 15.5 Å². The number of thioether (sulfide) groups is 1. The first kappa shape index (κ1) is 11.9. The summed E-state index contributed by atoms with van der Waals surface area (Å²) in [5.74, 6) is 0.722. The van der Waals surface area contributed by atoms with Crippen LogP contribution < -0.4 is 0 Å². The van der Waals surface area contributed by atoms with E-state index in [-0.39, 0.29) is 5.75 Å². The number of rotatable bonds is 5. The van der Waals surface area contributed by atoms with E-state index in [1.54, 1.807) is 28.9 Å². The summed E-state index contributed by atoms with van der Waals surface area (Å²) in [5.41, 5.74) is 0.798. The Balaban J connectivity index is 2.15. The van der Waals surface area contributed by atoms with Gasteiger partial charge < -0.3 is 9.84 Å². The quantitative estimate of drug-likeness (QED) is 0.493. The molecule has 0 amide bonds. The van der Waals surface area contributed by atoms with Crippen molar-refractivity contribution in [3.63, 3.8) is 0 Å². The van der Waals surface area contributed by atoms with E-state index in [1.165, 1.54) is 11.8 Å². The molecule has 0 atom stereocenters. The molecular weight excluding hydrogens is 240 g/mol. The lowest BCUT2D eigenvalue weighted by atomic mass is 10.3. The predicted molar refractivity (Wildman–Crippen MR) is 63.2 cm³/mol. The molecule has 0 unspecified atom stereocenters. The van der Waals surface area contributed by atoms with Crippen molar-refractivity contribution >= 4 is 11.8 Å². The molecule has 1 N–H and O–H groups in total. The lowest BCUT2D eigenvalue weighted by Gasteiger charge is -2.04. The number of tetrazole rings is 1. The Morgan fingerprint density at radius 2 is 2.12 bits per heavy atom. The second-order valence-electron chi connectivity index (χ2n) is 3.14. The zero-order chi connectivity index (χ0) is 12.1. The molecule has 1 aromatic heterocycles. The fraction of sp³-hybridized carbons (Fsp3) is 0.300. The van der Waals surface area contributed by atoms with Crippen molar-refractivity contribution in [2.75, 3.05) is 12.5 Å². The highest BCUT2D eigenvalue weighted by Gasteiger charge is 2.08. The number of aromatic hydroxyl groups is 1. The smallest absolute Gasteiger partial charge is 0.216 e. The summed E-state index contributed by atoms with van der Waals surface area (Å²) in [6.07, 6.45) is 0. The lowest BCUT2D eigenvalue weighted by Crippen LogP contribution is -1.99. The van der Waals surface area contributed by atoms with Gasteiger partial charge in [0.15, 0.2) is 0 Å². The molecule has 0 saturated heterocycles. The molecule has 1 heterocycles. The third-order valence-corrected chi connectivity index (χ3v) is 2.81. The summed E-state index contributed by atoms with van der Waals surface area (Å²) in [6.45, 7) is 2.59. The monoisotopic (exact) mass is 252 g/mol. The van der Waals surface area contributed by atoms with Gasteiger partial charge in [-0.25, -0.2) is 0 Å². The number of phenolic OH excluding ortho intramolecular Hbond substituents is 1. The molecule has 17 heavy (non-hydrogen) atoms. The third kappa shape index (κ3) is 2.95. The molecule has 90 valence electrons. The first-order valence-electron chi connectivity index (χ1n) is 5.09. The van der Waals surface area contributed by atoms with Gasteiger partial charge >= 0.3 is 0 Å². The van der Waals surface area contributed by atoms with Gasteiger partial charge in [-0.05, 0) is 41.6 Å². The Bertz CT molecular complexity index is 471. The van der Waals surface area contributed by atoms with E-state index in [4.69, 9.17) is 4.74 Å². The summed E-state index contributed by atoms with van der Waals surface area (Å²) in [5, 5.41) is 21.3. The molecule has 7 heteroatoms. The van der Waals surface area contributed by atoms with Crippen LogP contribution in [0.2, 0.25) is 0 Å². The van der Waals surface area contributed by atoms with Gasteiger partial charge in [-0.15, -0.1) is 5.10 Å². The molecule has 0 fully saturated rings. The minimum absolute atomic E-state index is 0.213. The molecular formula is C10H12N4O2S. The number of hydrogen-bond acceptors (Lipinski definition) is 6. The van der Waals surface area contributed by atoms with Crippen LogP contribution in [0.4, 0.5) is 0 Å². The highest BCUT2D eigenvalue weighted by atomic mass is 32.2. The molecule has 6 nitrogen and oxygen atoms in total. The average molecular weight is 252 g/mol. The topological polar surface area (TPSA) is 73.1 Å². The van der Waals surface area contributed by atoms with E-state index in [9.17, 15) is 5.11 Å². The van der Waals surface area contributed by atoms with Crippen molar-refractivity contribution in [2.24, 2.45) is 0 Å². The van der Waals surface area contributed by atoms with Gasteiger partial charge in [-0.1, -0.05) is 11.8 Å². The second-order valence-corrected chi connectivity index (χ2v) is 4.03. The summed E-state index contributed by atoms with van der Waals surface area (Å²) >= 11 is 1.42. The van der Waals surface area contributed by atoms with Gasteiger partial charge in [0.2, 0.25) is 5.16 Å². The van der Waals surface area contributed by atoms with Crippen molar-refractivity contribution in [3.8, 4) is 11.4 Å². The molecule has 0 aliphatic rings. The summed E-state index contributed by atoms with van der Waals surface area (Å²) < 4.78 is 6.83. The van der Waals surface area contributed by atoms with Crippen LogP contribution in [0.5, 0.6) is 5.75 Å². The molecule has 2 aromatic rings. The average Bonchev–Trinajstić information content (AvgIpc) is 2.79. The van der Waals surface area contributed by atoms with Gasteiger partial charge in [0, 0.05) is 6.61 Å². The van der Waals surface area contributed by atoms with Crippen LogP contribution in [0.1, 0.15) is 6.92 Å². The van der Waals surface area contributed by atoms with Crippen LogP contribution in [-0.4, -0.2) is 37.9 Å². The van der Waals surface area contributed by atoms with Crippen molar-refractivity contribution in [1.82, 2.24) is 20.2 Å². The molecule has 0 aliphatic heterocycles. The van der Waals surface area contributed by atoms with Crippen LogP contribution in [0, 0.1) is 0 Å². The number of phenols is 1. The minimum Gasteiger partial charge on any atom is -0.508 e. The van der Waals surface area contributed by atoms with Crippen LogP contribution >= 0.6 is 11.8 Å². The molecule has 0 bridgehead atoms. The van der Waals surface area contributed by atoms with E-state index in [0.717, 1.165) is 5.69 Å². The van der Waals surface area contributed by atoms with E-state index in [1.807, 2.05) is 6.92 Å². The van der Waals surface area contributed by atoms with Gasteiger partial charge in [0.25, 0.3) is 0 Å². The lowest BCUT2D eigenvalue weighted by molar-refractivity contribution is 0.199. The maximum Gasteiger partial charge on any atom is 0.216 e. The highest BCUT2D eigenvalue weighted by molar-refractivity contribution is 7.99.